The van der Waals surface area contributed by atoms with Crippen molar-refractivity contribution in [2.75, 3.05) is 44.2 Å². The summed E-state index contributed by atoms with van der Waals surface area (Å²) < 4.78 is 0. The lowest BCUT2D eigenvalue weighted by molar-refractivity contribution is -0.137. The molecule has 0 atom stereocenters. The first kappa shape index (κ1) is 19.6. The molecule has 0 radical (unpaired) electrons. The number of anilines is 1. The maximum absolute atomic E-state index is 12.9. The number of benzene rings is 1. The zero-order chi connectivity index (χ0) is 20.2. The molecule has 0 unspecified atom stereocenters. The van der Waals surface area contributed by atoms with Crippen LogP contribution in [-0.4, -0.2) is 70.9 Å². The Hall–Kier alpha value is -2.67. The third kappa shape index (κ3) is 4.50. The minimum atomic E-state index is -0.00710. The van der Waals surface area contributed by atoms with Crippen LogP contribution in [0.1, 0.15) is 23.2 Å². The summed E-state index contributed by atoms with van der Waals surface area (Å²) in [7, 11) is 0. The van der Waals surface area contributed by atoms with Gasteiger partial charge in [-0.05, 0) is 37.1 Å². The van der Waals surface area contributed by atoms with E-state index in [1.807, 2.05) is 9.80 Å². The Balaban J connectivity index is 1.27. The maximum Gasteiger partial charge on any atom is 0.253 e. The molecular formula is C21H24ClN5O2. The van der Waals surface area contributed by atoms with Gasteiger partial charge in [-0.1, -0.05) is 11.6 Å². The molecule has 0 saturated carbocycles. The number of carbonyl (C=O) groups is 2. The summed E-state index contributed by atoms with van der Waals surface area (Å²) in [6.07, 6.45) is 6.52. The molecule has 152 valence electrons. The van der Waals surface area contributed by atoms with E-state index in [1.165, 1.54) is 0 Å². The third-order valence-electron chi connectivity index (χ3n) is 5.69. The van der Waals surface area contributed by atoms with Gasteiger partial charge >= 0.3 is 0 Å². The number of rotatable bonds is 3. The lowest BCUT2D eigenvalue weighted by atomic mass is 9.94. The number of piperidine rings is 1. The van der Waals surface area contributed by atoms with Crippen LogP contribution in [0.4, 0.5) is 5.82 Å². The Kier molecular flexibility index (Phi) is 5.94. The van der Waals surface area contributed by atoms with Gasteiger partial charge in [0.25, 0.3) is 5.91 Å². The molecule has 8 heteroatoms. The molecule has 2 fully saturated rings. The average Bonchev–Trinajstić information content (AvgIpc) is 2.79. The summed E-state index contributed by atoms with van der Waals surface area (Å²) in [5.74, 6) is 1.06. The first-order valence-electron chi connectivity index (χ1n) is 9.96. The number of nitrogens with zero attached hydrogens (tertiary/aromatic N) is 5. The van der Waals surface area contributed by atoms with Crippen LogP contribution >= 0.6 is 11.6 Å². The van der Waals surface area contributed by atoms with Crippen molar-refractivity contribution in [2.24, 2.45) is 5.92 Å². The first-order valence-corrected chi connectivity index (χ1v) is 10.3. The van der Waals surface area contributed by atoms with Crippen LogP contribution in [0.5, 0.6) is 0 Å². The summed E-state index contributed by atoms with van der Waals surface area (Å²) >= 11 is 5.90. The molecule has 2 aromatic rings. The highest BCUT2D eigenvalue weighted by Gasteiger charge is 2.32. The molecule has 1 aromatic carbocycles. The van der Waals surface area contributed by atoms with E-state index >= 15 is 0 Å². The second-order valence-electron chi connectivity index (χ2n) is 7.45. The molecule has 2 amide bonds. The number of amides is 2. The van der Waals surface area contributed by atoms with Crippen LogP contribution in [0.3, 0.4) is 0 Å². The van der Waals surface area contributed by atoms with E-state index in [4.69, 9.17) is 11.6 Å². The summed E-state index contributed by atoms with van der Waals surface area (Å²) in [5, 5.41) is 0.616. The van der Waals surface area contributed by atoms with Gasteiger partial charge in [0.1, 0.15) is 5.82 Å². The number of hydrogen-bond acceptors (Lipinski definition) is 5. The Labute approximate surface area is 175 Å². The minimum absolute atomic E-state index is 0.00477. The first-order chi connectivity index (χ1) is 14.1. The molecule has 2 aliphatic heterocycles. The molecule has 0 bridgehead atoms. The van der Waals surface area contributed by atoms with Gasteiger partial charge in [0.2, 0.25) is 5.91 Å². The van der Waals surface area contributed by atoms with Crippen LogP contribution in [-0.2, 0) is 4.79 Å². The lowest BCUT2D eigenvalue weighted by Gasteiger charge is -2.38. The van der Waals surface area contributed by atoms with Crippen LogP contribution in [0.2, 0.25) is 5.02 Å². The summed E-state index contributed by atoms with van der Waals surface area (Å²) in [4.78, 5) is 40.0. The van der Waals surface area contributed by atoms with Gasteiger partial charge in [0, 0.05) is 68.2 Å². The number of halogens is 1. The minimum Gasteiger partial charge on any atom is -0.352 e. The number of aromatic nitrogens is 2. The monoisotopic (exact) mass is 413 g/mol. The fraction of sp³-hybridized carbons (Fsp3) is 0.429. The summed E-state index contributed by atoms with van der Waals surface area (Å²) in [5.41, 5.74) is 0.638. The van der Waals surface area contributed by atoms with Crippen molar-refractivity contribution in [3.63, 3.8) is 0 Å². The van der Waals surface area contributed by atoms with E-state index in [2.05, 4.69) is 14.9 Å². The van der Waals surface area contributed by atoms with E-state index in [9.17, 15) is 9.59 Å². The zero-order valence-corrected chi connectivity index (χ0v) is 17.0. The van der Waals surface area contributed by atoms with Gasteiger partial charge in [0.05, 0.1) is 6.20 Å². The predicted octanol–water partition coefficient (Wildman–Crippen LogP) is 2.33. The topological polar surface area (TPSA) is 69.6 Å². The van der Waals surface area contributed by atoms with E-state index in [0.29, 0.717) is 49.6 Å². The van der Waals surface area contributed by atoms with Gasteiger partial charge in [-0.3, -0.25) is 14.6 Å². The lowest BCUT2D eigenvalue weighted by Crippen LogP contribution is -2.52. The maximum atomic E-state index is 12.9. The van der Waals surface area contributed by atoms with Crippen LogP contribution in [0.25, 0.3) is 0 Å². The van der Waals surface area contributed by atoms with Crippen molar-refractivity contribution >= 4 is 29.2 Å². The molecule has 0 spiro atoms. The summed E-state index contributed by atoms with van der Waals surface area (Å²) in [6, 6.07) is 6.95. The number of hydrogen-bond donors (Lipinski definition) is 0. The van der Waals surface area contributed by atoms with Gasteiger partial charge in [-0.25, -0.2) is 4.98 Å². The Morgan fingerprint density at radius 1 is 0.897 bits per heavy atom. The molecule has 29 heavy (non-hydrogen) atoms. The largest absolute Gasteiger partial charge is 0.352 e. The molecule has 7 nitrogen and oxygen atoms in total. The van der Waals surface area contributed by atoms with E-state index in [0.717, 1.165) is 18.9 Å². The molecule has 1 aromatic heterocycles. The highest BCUT2D eigenvalue weighted by Crippen LogP contribution is 2.23. The van der Waals surface area contributed by atoms with Gasteiger partial charge < -0.3 is 14.7 Å². The van der Waals surface area contributed by atoms with Crippen molar-refractivity contribution in [3.05, 3.63) is 53.4 Å². The van der Waals surface area contributed by atoms with Crippen LogP contribution < -0.4 is 4.90 Å². The van der Waals surface area contributed by atoms with Gasteiger partial charge in [0.15, 0.2) is 0 Å². The van der Waals surface area contributed by atoms with E-state index in [1.54, 1.807) is 42.9 Å². The van der Waals surface area contributed by atoms with Crippen LogP contribution in [0.15, 0.2) is 42.9 Å². The van der Waals surface area contributed by atoms with E-state index in [-0.39, 0.29) is 17.7 Å². The van der Waals surface area contributed by atoms with Gasteiger partial charge in [-0.2, -0.15) is 0 Å². The smallest absolute Gasteiger partial charge is 0.253 e. The van der Waals surface area contributed by atoms with Gasteiger partial charge in [-0.15, -0.1) is 0 Å². The normalized spacial score (nSPS) is 18.0. The van der Waals surface area contributed by atoms with Crippen molar-refractivity contribution in [2.45, 2.75) is 12.8 Å². The molecule has 2 saturated heterocycles. The Morgan fingerprint density at radius 2 is 1.59 bits per heavy atom. The fourth-order valence-electron chi connectivity index (χ4n) is 3.97. The number of piperazine rings is 1. The van der Waals surface area contributed by atoms with E-state index < -0.39 is 0 Å². The van der Waals surface area contributed by atoms with Crippen molar-refractivity contribution < 1.29 is 9.59 Å². The Morgan fingerprint density at radius 3 is 2.21 bits per heavy atom. The molecule has 2 aliphatic rings. The van der Waals surface area contributed by atoms with Crippen molar-refractivity contribution in [1.29, 1.82) is 0 Å². The highest BCUT2D eigenvalue weighted by molar-refractivity contribution is 6.30. The SMILES string of the molecule is O=C(c1ccc(Cl)cc1)N1CCC(C(=O)N2CCN(c3cnccn3)CC2)CC1. The Bertz CT molecular complexity index is 845. The highest BCUT2D eigenvalue weighted by atomic mass is 35.5. The fourth-order valence-corrected chi connectivity index (χ4v) is 4.10. The zero-order valence-electron chi connectivity index (χ0n) is 16.2. The molecular weight excluding hydrogens is 390 g/mol. The second-order valence-corrected chi connectivity index (χ2v) is 7.89. The molecule has 3 heterocycles. The molecule has 0 N–H and O–H groups in total. The number of likely N-dealkylation sites (tertiary alicyclic amines) is 1. The number of carbonyl (C=O) groups excluding carboxylic acids is 2. The predicted molar refractivity (Wildman–Crippen MR) is 111 cm³/mol. The third-order valence-corrected chi connectivity index (χ3v) is 5.94. The average molecular weight is 414 g/mol. The summed E-state index contributed by atoms with van der Waals surface area (Å²) in [6.45, 7) is 4.13. The standard InChI is InChI=1S/C21H24ClN5O2/c22-18-3-1-16(2-4-18)20(28)26-9-5-17(6-10-26)21(29)27-13-11-25(12-14-27)19-15-23-7-8-24-19/h1-4,7-8,15,17H,5-6,9-14H2. The van der Waals surface area contributed by atoms with Crippen molar-refractivity contribution in [3.8, 4) is 0 Å². The second kappa shape index (κ2) is 8.78. The molecule has 4 rings (SSSR count). The molecule has 0 aliphatic carbocycles. The quantitative estimate of drug-likeness (QED) is 0.772. The van der Waals surface area contributed by atoms with Crippen molar-refractivity contribution in [1.82, 2.24) is 19.8 Å². The van der Waals surface area contributed by atoms with Crippen LogP contribution in [0, 0.1) is 5.92 Å².